The minimum atomic E-state index is -0.0160. The van der Waals surface area contributed by atoms with Crippen LogP contribution in [0.2, 0.25) is 0 Å². The molecule has 0 saturated heterocycles. The zero-order chi connectivity index (χ0) is 21.6. The molecule has 1 aromatic heterocycles. The van der Waals surface area contributed by atoms with Gasteiger partial charge in [-0.25, -0.2) is 0 Å². The third kappa shape index (κ3) is 5.14. The molecule has 154 valence electrons. The SMILES string of the molecule is Cc1cccc(-c2ccc(Nc3ccc(C(=O)N(C)Cc4ccccc4)cc3)nn2)c1. The summed E-state index contributed by atoms with van der Waals surface area (Å²) in [5, 5.41) is 11.8. The van der Waals surface area contributed by atoms with E-state index in [1.165, 1.54) is 5.56 Å². The van der Waals surface area contributed by atoms with Crippen molar-refractivity contribution < 1.29 is 4.79 Å². The number of rotatable bonds is 6. The van der Waals surface area contributed by atoms with Crippen LogP contribution in [-0.4, -0.2) is 28.1 Å². The minimum Gasteiger partial charge on any atom is -0.339 e. The number of nitrogens with zero attached hydrogens (tertiary/aromatic N) is 3. The van der Waals surface area contributed by atoms with Gasteiger partial charge < -0.3 is 10.2 Å². The summed E-state index contributed by atoms with van der Waals surface area (Å²) in [6.07, 6.45) is 0. The van der Waals surface area contributed by atoms with E-state index in [4.69, 9.17) is 0 Å². The normalized spacial score (nSPS) is 10.5. The minimum absolute atomic E-state index is 0.0160. The Kier molecular flexibility index (Phi) is 6.03. The molecule has 1 amide bonds. The molecule has 0 radical (unpaired) electrons. The summed E-state index contributed by atoms with van der Waals surface area (Å²) >= 11 is 0. The van der Waals surface area contributed by atoms with Crippen LogP contribution in [0.15, 0.2) is 91.0 Å². The molecule has 3 aromatic carbocycles. The molecule has 0 spiro atoms. The van der Waals surface area contributed by atoms with E-state index in [1.54, 1.807) is 4.90 Å². The van der Waals surface area contributed by atoms with Crippen molar-refractivity contribution in [1.82, 2.24) is 15.1 Å². The number of aromatic nitrogens is 2. The molecule has 0 fully saturated rings. The van der Waals surface area contributed by atoms with Gasteiger partial charge in [-0.3, -0.25) is 4.79 Å². The number of carbonyl (C=O) groups excluding carboxylic acids is 1. The van der Waals surface area contributed by atoms with Crippen molar-refractivity contribution in [3.63, 3.8) is 0 Å². The fourth-order valence-corrected chi connectivity index (χ4v) is 3.35. The molecule has 5 nitrogen and oxygen atoms in total. The van der Waals surface area contributed by atoms with Crippen LogP contribution in [0.3, 0.4) is 0 Å². The maximum atomic E-state index is 12.7. The smallest absolute Gasteiger partial charge is 0.253 e. The molecule has 0 saturated carbocycles. The van der Waals surface area contributed by atoms with Crippen molar-refractivity contribution in [1.29, 1.82) is 0 Å². The monoisotopic (exact) mass is 408 g/mol. The topological polar surface area (TPSA) is 58.1 Å². The molecule has 31 heavy (non-hydrogen) atoms. The second kappa shape index (κ2) is 9.22. The summed E-state index contributed by atoms with van der Waals surface area (Å²) in [5.74, 6) is 0.634. The zero-order valence-corrected chi connectivity index (χ0v) is 17.6. The predicted octanol–water partition coefficient (Wildman–Crippen LogP) is 5.47. The van der Waals surface area contributed by atoms with Gasteiger partial charge >= 0.3 is 0 Å². The first-order chi connectivity index (χ1) is 15.1. The van der Waals surface area contributed by atoms with Gasteiger partial charge in [0.15, 0.2) is 5.82 Å². The molecule has 4 rings (SSSR count). The van der Waals surface area contributed by atoms with E-state index in [0.29, 0.717) is 17.9 Å². The molecular formula is C26H24N4O. The highest BCUT2D eigenvalue weighted by Gasteiger charge is 2.12. The van der Waals surface area contributed by atoms with Gasteiger partial charge in [-0.1, -0.05) is 54.1 Å². The Bertz CT molecular complexity index is 1160. The Labute approximate surface area is 182 Å². The largest absolute Gasteiger partial charge is 0.339 e. The van der Waals surface area contributed by atoms with Gasteiger partial charge in [-0.15, -0.1) is 10.2 Å². The van der Waals surface area contributed by atoms with Crippen LogP contribution in [0.4, 0.5) is 11.5 Å². The fraction of sp³-hybridized carbons (Fsp3) is 0.115. The van der Waals surface area contributed by atoms with Gasteiger partial charge in [0.25, 0.3) is 5.91 Å². The average molecular weight is 409 g/mol. The summed E-state index contributed by atoms with van der Waals surface area (Å²) in [4.78, 5) is 14.4. The van der Waals surface area contributed by atoms with Crippen LogP contribution in [0.1, 0.15) is 21.5 Å². The number of anilines is 2. The molecule has 0 bridgehead atoms. The second-order valence-corrected chi connectivity index (χ2v) is 7.52. The summed E-state index contributed by atoms with van der Waals surface area (Å²) in [6.45, 7) is 2.63. The van der Waals surface area contributed by atoms with E-state index in [0.717, 1.165) is 22.5 Å². The van der Waals surface area contributed by atoms with E-state index in [-0.39, 0.29) is 5.91 Å². The molecule has 1 heterocycles. The van der Waals surface area contributed by atoms with Gasteiger partial charge in [0.1, 0.15) is 0 Å². The van der Waals surface area contributed by atoms with Gasteiger partial charge in [-0.05, 0) is 55.0 Å². The Balaban J connectivity index is 1.39. The molecule has 0 aliphatic rings. The standard InChI is InChI=1S/C26H24N4O/c1-19-7-6-10-22(17-19)24-15-16-25(29-28-24)27-23-13-11-21(12-14-23)26(31)30(2)18-20-8-4-3-5-9-20/h3-17H,18H2,1-2H3,(H,27,29). The summed E-state index contributed by atoms with van der Waals surface area (Å²) in [7, 11) is 1.81. The molecule has 0 unspecified atom stereocenters. The lowest BCUT2D eigenvalue weighted by molar-refractivity contribution is 0.0785. The number of benzene rings is 3. The number of aryl methyl sites for hydroxylation is 1. The molecule has 5 heteroatoms. The van der Waals surface area contributed by atoms with Crippen molar-refractivity contribution in [2.75, 3.05) is 12.4 Å². The van der Waals surface area contributed by atoms with E-state index >= 15 is 0 Å². The average Bonchev–Trinajstić information content (AvgIpc) is 2.80. The highest BCUT2D eigenvalue weighted by Crippen LogP contribution is 2.20. The van der Waals surface area contributed by atoms with Crippen LogP contribution < -0.4 is 5.32 Å². The number of hydrogen-bond acceptors (Lipinski definition) is 4. The molecule has 0 atom stereocenters. The lowest BCUT2D eigenvalue weighted by atomic mass is 10.1. The summed E-state index contributed by atoms with van der Waals surface area (Å²) in [6, 6.07) is 29.4. The maximum Gasteiger partial charge on any atom is 0.253 e. The van der Waals surface area contributed by atoms with Gasteiger partial charge in [0, 0.05) is 30.4 Å². The van der Waals surface area contributed by atoms with E-state index in [9.17, 15) is 4.79 Å². The van der Waals surface area contributed by atoms with Crippen molar-refractivity contribution in [3.05, 3.63) is 108 Å². The maximum absolute atomic E-state index is 12.7. The summed E-state index contributed by atoms with van der Waals surface area (Å²) in [5.41, 5.74) is 5.65. The zero-order valence-electron chi connectivity index (χ0n) is 17.6. The van der Waals surface area contributed by atoms with Crippen LogP contribution in [-0.2, 0) is 6.54 Å². The Hall–Kier alpha value is -3.99. The number of amides is 1. The Morgan fingerprint density at radius 1 is 0.871 bits per heavy atom. The highest BCUT2D eigenvalue weighted by molar-refractivity contribution is 5.94. The third-order valence-corrected chi connectivity index (χ3v) is 4.99. The predicted molar refractivity (Wildman–Crippen MR) is 124 cm³/mol. The van der Waals surface area contributed by atoms with Crippen LogP contribution in [0.5, 0.6) is 0 Å². The Morgan fingerprint density at radius 3 is 2.32 bits per heavy atom. The van der Waals surface area contributed by atoms with Crippen molar-refractivity contribution in [2.45, 2.75) is 13.5 Å². The highest BCUT2D eigenvalue weighted by atomic mass is 16.2. The first kappa shape index (κ1) is 20.3. The lowest BCUT2D eigenvalue weighted by Crippen LogP contribution is -2.26. The van der Waals surface area contributed by atoms with Crippen molar-refractivity contribution >= 4 is 17.4 Å². The van der Waals surface area contributed by atoms with E-state index < -0.39 is 0 Å². The van der Waals surface area contributed by atoms with Crippen LogP contribution in [0, 0.1) is 6.92 Å². The second-order valence-electron chi connectivity index (χ2n) is 7.52. The lowest BCUT2D eigenvalue weighted by Gasteiger charge is -2.17. The first-order valence-electron chi connectivity index (χ1n) is 10.2. The summed E-state index contributed by atoms with van der Waals surface area (Å²) < 4.78 is 0. The molecule has 0 aliphatic carbocycles. The van der Waals surface area contributed by atoms with Crippen LogP contribution >= 0.6 is 0 Å². The van der Waals surface area contributed by atoms with E-state index in [2.05, 4.69) is 34.6 Å². The molecule has 1 N–H and O–H groups in total. The molecule has 0 aliphatic heterocycles. The molecule has 4 aromatic rings. The van der Waals surface area contributed by atoms with Crippen molar-refractivity contribution in [3.8, 4) is 11.3 Å². The fourth-order valence-electron chi connectivity index (χ4n) is 3.35. The van der Waals surface area contributed by atoms with Crippen LogP contribution in [0.25, 0.3) is 11.3 Å². The van der Waals surface area contributed by atoms with Gasteiger partial charge in [0.2, 0.25) is 0 Å². The van der Waals surface area contributed by atoms with E-state index in [1.807, 2.05) is 85.9 Å². The number of carbonyl (C=O) groups is 1. The van der Waals surface area contributed by atoms with Crippen molar-refractivity contribution in [2.24, 2.45) is 0 Å². The Morgan fingerprint density at radius 2 is 1.65 bits per heavy atom. The van der Waals surface area contributed by atoms with Gasteiger partial charge in [-0.2, -0.15) is 0 Å². The third-order valence-electron chi connectivity index (χ3n) is 4.99. The van der Waals surface area contributed by atoms with Gasteiger partial charge in [0.05, 0.1) is 5.69 Å². The first-order valence-corrected chi connectivity index (χ1v) is 10.2. The number of hydrogen-bond donors (Lipinski definition) is 1. The molecular weight excluding hydrogens is 384 g/mol. The quantitative estimate of drug-likeness (QED) is 0.460. The number of nitrogens with one attached hydrogen (secondary N) is 1.